The Labute approximate surface area is 145 Å². The van der Waals surface area contributed by atoms with Crippen molar-refractivity contribution >= 4 is 22.8 Å². The van der Waals surface area contributed by atoms with E-state index in [9.17, 15) is 9.59 Å². The zero-order valence-corrected chi connectivity index (χ0v) is 14.9. The molecule has 0 aliphatic heterocycles. The Hall–Kier alpha value is -2.27. The molecule has 0 aliphatic carbocycles. The number of aromatic carboxylic acids is 1. The van der Waals surface area contributed by atoms with Gasteiger partial charge in [0.25, 0.3) is 0 Å². The van der Waals surface area contributed by atoms with Crippen molar-refractivity contribution in [3.8, 4) is 5.75 Å². The number of rotatable bonds is 4. The Morgan fingerprint density at radius 3 is 2.08 bits per heavy atom. The predicted molar refractivity (Wildman–Crippen MR) is 95.3 cm³/mol. The van der Waals surface area contributed by atoms with Gasteiger partial charge >= 0.3 is 5.97 Å². The van der Waals surface area contributed by atoms with Gasteiger partial charge < -0.3 is 9.84 Å². The Morgan fingerprint density at radius 2 is 1.58 bits per heavy atom. The van der Waals surface area contributed by atoms with Crippen LogP contribution in [-0.2, 0) is 5.41 Å². The Bertz CT molecular complexity index is 758. The first-order valence-corrected chi connectivity index (χ1v) is 8.28. The number of carbonyl (C=O) groups is 2. The standard InChI is InChI=1S/C19H20O4S/c1-19(2,3)15-11-13(7-10-16(15)23-4)18(22)24-14-8-5-12(6-9-14)17(20)21/h5-11H,1-4H3,(H,20,21). The molecule has 2 rings (SSSR count). The Kier molecular flexibility index (Phi) is 5.34. The molecular weight excluding hydrogens is 324 g/mol. The van der Waals surface area contributed by atoms with Crippen LogP contribution in [0.4, 0.5) is 0 Å². The third-order valence-electron chi connectivity index (χ3n) is 3.56. The molecule has 126 valence electrons. The number of ether oxygens (including phenoxy) is 1. The van der Waals surface area contributed by atoms with Gasteiger partial charge in [0.15, 0.2) is 0 Å². The summed E-state index contributed by atoms with van der Waals surface area (Å²) in [7, 11) is 1.62. The molecule has 4 nitrogen and oxygen atoms in total. The normalized spacial score (nSPS) is 11.2. The van der Waals surface area contributed by atoms with Gasteiger partial charge in [0.2, 0.25) is 5.12 Å². The Balaban J connectivity index is 2.25. The molecule has 0 saturated heterocycles. The lowest BCUT2D eigenvalue weighted by Crippen LogP contribution is -2.13. The molecule has 0 radical (unpaired) electrons. The molecule has 0 aliphatic rings. The van der Waals surface area contributed by atoms with Crippen molar-refractivity contribution in [2.75, 3.05) is 7.11 Å². The Morgan fingerprint density at radius 1 is 1.00 bits per heavy atom. The molecular formula is C19H20O4S. The molecule has 0 aromatic heterocycles. The first-order chi connectivity index (χ1) is 11.2. The molecule has 0 fully saturated rings. The summed E-state index contributed by atoms with van der Waals surface area (Å²) in [5.41, 5.74) is 1.62. The number of carbonyl (C=O) groups excluding carboxylic acids is 1. The first kappa shape index (κ1) is 18.1. The molecule has 2 aromatic rings. The number of benzene rings is 2. The molecule has 0 amide bonds. The third-order valence-corrected chi connectivity index (χ3v) is 4.48. The molecule has 0 unspecified atom stereocenters. The van der Waals surface area contributed by atoms with Crippen molar-refractivity contribution in [1.82, 2.24) is 0 Å². The fourth-order valence-electron chi connectivity index (χ4n) is 2.25. The SMILES string of the molecule is COc1ccc(C(=O)Sc2ccc(C(=O)O)cc2)cc1C(C)(C)C. The second-order valence-electron chi connectivity index (χ2n) is 6.38. The van der Waals surface area contributed by atoms with Crippen LogP contribution in [0.5, 0.6) is 5.75 Å². The minimum absolute atomic E-state index is 0.0915. The van der Waals surface area contributed by atoms with E-state index in [2.05, 4.69) is 20.8 Å². The molecule has 1 N–H and O–H groups in total. The van der Waals surface area contributed by atoms with Crippen LogP contribution in [0.2, 0.25) is 0 Å². The summed E-state index contributed by atoms with van der Waals surface area (Å²) >= 11 is 1.08. The number of hydrogen-bond donors (Lipinski definition) is 1. The van der Waals surface area contributed by atoms with Gasteiger partial charge in [-0.25, -0.2) is 4.79 Å². The van der Waals surface area contributed by atoms with Crippen LogP contribution in [0.1, 0.15) is 47.1 Å². The summed E-state index contributed by atoms with van der Waals surface area (Å²) in [6.45, 7) is 6.20. The van der Waals surface area contributed by atoms with Crippen LogP contribution in [0.3, 0.4) is 0 Å². The van der Waals surface area contributed by atoms with Crippen LogP contribution in [0, 0.1) is 0 Å². The smallest absolute Gasteiger partial charge is 0.335 e. The van der Waals surface area contributed by atoms with Crippen molar-refractivity contribution in [3.63, 3.8) is 0 Å². The maximum absolute atomic E-state index is 12.5. The van der Waals surface area contributed by atoms with Crippen molar-refractivity contribution in [3.05, 3.63) is 59.2 Å². The van der Waals surface area contributed by atoms with Crippen molar-refractivity contribution in [1.29, 1.82) is 0 Å². The van der Waals surface area contributed by atoms with Crippen LogP contribution in [0.25, 0.3) is 0 Å². The van der Waals surface area contributed by atoms with Gasteiger partial charge in [-0.15, -0.1) is 0 Å². The quantitative estimate of drug-likeness (QED) is 0.820. The van der Waals surface area contributed by atoms with E-state index in [1.807, 2.05) is 12.1 Å². The highest BCUT2D eigenvalue weighted by atomic mass is 32.2. The summed E-state index contributed by atoms with van der Waals surface area (Å²) in [5, 5.41) is 8.81. The number of thioether (sulfide) groups is 1. The topological polar surface area (TPSA) is 63.6 Å². The van der Waals surface area contributed by atoms with Crippen LogP contribution in [0.15, 0.2) is 47.4 Å². The van der Waals surface area contributed by atoms with Gasteiger partial charge in [0, 0.05) is 16.0 Å². The number of methoxy groups -OCH3 is 1. The van der Waals surface area contributed by atoms with E-state index < -0.39 is 5.97 Å². The van der Waals surface area contributed by atoms with E-state index in [1.54, 1.807) is 25.3 Å². The summed E-state index contributed by atoms with van der Waals surface area (Å²) in [4.78, 5) is 24.1. The lowest BCUT2D eigenvalue weighted by Gasteiger charge is -2.22. The van der Waals surface area contributed by atoms with Gasteiger partial charge in [-0.05, 0) is 59.6 Å². The molecule has 0 bridgehead atoms. The van der Waals surface area contributed by atoms with E-state index in [4.69, 9.17) is 9.84 Å². The van der Waals surface area contributed by atoms with E-state index in [0.29, 0.717) is 10.5 Å². The second kappa shape index (κ2) is 7.09. The van der Waals surface area contributed by atoms with E-state index in [1.165, 1.54) is 12.1 Å². The van der Waals surface area contributed by atoms with Crippen LogP contribution >= 0.6 is 11.8 Å². The lowest BCUT2D eigenvalue weighted by molar-refractivity contribution is 0.0696. The van der Waals surface area contributed by atoms with Gasteiger partial charge in [0.05, 0.1) is 12.7 Å². The molecule has 0 atom stereocenters. The van der Waals surface area contributed by atoms with Crippen LogP contribution < -0.4 is 4.74 Å². The van der Waals surface area contributed by atoms with Crippen molar-refractivity contribution in [2.45, 2.75) is 31.1 Å². The highest BCUT2D eigenvalue weighted by Crippen LogP contribution is 2.33. The summed E-state index contributed by atoms with van der Waals surface area (Å²) in [6.07, 6.45) is 0. The largest absolute Gasteiger partial charge is 0.496 e. The average molecular weight is 344 g/mol. The molecule has 0 heterocycles. The van der Waals surface area contributed by atoms with E-state index in [-0.39, 0.29) is 16.1 Å². The highest BCUT2D eigenvalue weighted by molar-refractivity contribution is 8.14. The van der Waals surface area contributed by atoms with Gasteiger partial charge in [-0.3, -0.25) is 4.79 Å². The summed E-state index contributed by atoms with van der Waals surface area (Å²) in [5.74, 6) is -0.224. The van der Waals surface area contributed by atoms with Gasteiger partial charge in [-0.2, -0.15) is 0 Å². The van der Waals surface area contributed by atoms with Crippen LogP contribution in [-0.4, -0.2) is 23.3 Å². The number of hydrogen-bond acceptors (Lipinski definition) is 4. The minimum Gasteiger partial charge on any atom is -0.496 e. The molecule has 5 heteroatoms. The zero-order chi connectivity index (χ0) is 17.9. The predicted octanol–water partition coefficient (Wildman–Crippen LogP) is 4.62. The number of carboxylic acid groups (broad SMARTS) is 1. The zero-order valence-electron chi connectivity index (χ0n) is 14.1. The molecule has 0 saturated carbocycles. The maximum atomic E-state index is 12.5. The molecule has 0 spiro atoms. The monoisotopic (exact) mass is 344 g/mol. The van der Waals surface area contributed by atoms with Gasteiger partial charge in [0.1, 0.15) is 5.75 Å². The minimum atomic E-state index is -0.983. The highest BCUT2D eigenvalue weighted by Gasteiger charge is 2.21. The average Bonchev–Trinajstić information content (AvgIpc) is 2.53. The fourth-order valence-corrected chi connectivity index (χ4v) is 2.98. The second-order valence-corrected chi connectivity index (χ2v) is 7.43. The van der Waals surface area contributed by atoms with Gasteiger partial charge in [-0.1, -0.05) is 20.8 Å². The third kappa shape index (κ3) is 4.17. The lowest BCUT2D eigenvalue weighted by atomic mass is 9.85. The first-order valence-electron chi connectivity index (χ1n) is 7.46. The maximum Gasteiger partial charge on any atom is 0.335 e. The fraction of sp³-hybridized carbons (Fsp3) is 0.263. The molecule has 2 aromatic carbocycles. The van der Waals surface area contributed by atoms with Crippen molar-refractivity contribution in [2.24, 2.45) is 0 Å². The number of carboxylic acids is 1. The van der Waals surface area contributed by atoms with E-state index >= 15 is 0 Å². The summed E-state index contributed by atoms with van der Waals surface area (Å²) < 4.78 is 5.39. The molecule has 24 heavy (non-hydrogen) atoms. The van der Waals surface area contributed by atoms with E-state index in [0.717, 1.165) is 23.1 Å². The van der Waals surface area contributed by atoms with Crippen molar-refractivity contribution < 1.29 is 19.4 Å². The summed E-state index contributed by atoms with van der Waals surface area (Å²) in [6, 6.07) is 11.7.